The fourth-order valence-corrected chi connectivity index (χ4v) is 15.5. The van der Waals surface area contributed by atoms with E-state index >= 15 is 0 Å². The number of rotatable bonds is 10. The highest BCUT2D eigenvalue weighted by molar-refractivity contribution is 6.30. The van der Waals surface area contributed by atoms with E-state index in [0.717, 1.165) is 56.9 Å². The Labute approximate surface area is 367 Å². The molecule has 10 nitrogen and oxygen atoms in total. The molecule has 61 heavy (non-hydrogen) atoms. The number of halogens is 1. The molecule has 0 radical (unpaired) electrons. The number of benzene rings is 1. The largest absolute Gasteiger partial charge is 0.481 e. The van der Waals surface area contributed by atoms with Crippen molar-refractivity contribution < 1.29 is 33.8 Å². The Hall–Kier alpha value is -3.24. The van der Waals surface area contributed by atoms with Gasteiger partial charge in [0.05, 0.1) is 17.4 Å². The van der Waals surface area contributed by atoms with E-state index in [-0.39, 0.29) is 69.6 Å². The van der Waals surface area contributed by atoms with Crippen LogP contribution < -0.4 is 16.0 Å². The molecule has 1 saturated heterocycles. The van der Waals surface area contributed by atoms with Crippen molar-refractivity contribution >= 4 is 41.1 Å². The van der Waals surface area contributed by atoms with Crippen molar-refractivity contribution in [2.75, 3.05) is 19.6 Å². The quantitative estimate of drug-likeness (QED) is 0.171. The Kier molecular flexibility index (Phi) is 10.9. The van der Waals surface area contributed by atoms with Gasteiger partial charge in [0.2, 0.25) is 5.91 Å². The lowest BCUT2D eigenvalue weighted by Gasteiger charge is -2.72. The number of fused-ring (bicyclic) bond motifs is 7. The molecule has 11 heteroatoms. The average molecular weight is 861 g/mol. The minimum atomic E-state index is -0.841. The van der Waals surface area contributed by atoms with Crippen molar-refractivity contribution in [1.82, 2.24) is 16.0 Å². The van der Waals surface area contributed by atoms with Crippen LogP contribution in [-0.4, -0.2) is 65.9 Å². The topological polar surface area (TPSA) is 151 Å². The molecule has 1 aliphatic heterocycles. The number of ether oxygens (including phenoxy) is 1. The summed E-state index contributed by atoms with van der Waals surface area (Å²) in [5.74, 6) is -0.963. The first-order valence-corrected chi connectivity index (χ1v) is 23.6. The van der Waals surface area contributed by atoms with Gasteiger partial charge >= 0.3 is 11.9 Å². The number of esters is 1. The fourth-order valence-electron chi connectivity index (χ4n) is 15.3. The second kappa shape index (κ2) is 14.9. The third-order valence-electron chi connectivity index (χ3n) is 19.2. The number of hydrogen-bond acceptors (Lipinski definition) is 7. The molecule has 6 fully saturated rings. The van der Waals surface area contributed by atoms with Crippen LogP contribution in [0.1, 0.15) is 143 Å². The van der Waals surface area contributed by atoms with Crippen molar-refractivity contribution in [3.05, 3.63) is 46.0 Å². The Morgan fingerprint density at radius 1 is 0.852 bits per heavy atom. The van der Waals surface area contributed by atoms with Crippen LogP contribution in [0.3, 0.4) is 0 Å². The van der Waals surface area contributed by atoms with Gasteiger partial charge in [-0.05, 0) is 133 Å². The van der Waals surface area contributed by atoms with Crippen LogP contribution in [-0.2, 0) is 23.9 Å². The third kappa shape index (κ3) is 6.75. The van der Waals surface area contributed by atoms with Gasteiger partial charge in [-0.3, -0.25) is 24.0 Å². The third-order valence-corrected chi connectivity index (χ3v) is 19.4. The molecule has 8 rings (SSSR count). The summed E-state index contributed by atoms with van der Waals surface area (Å²) in [5, 5.41) is 19.9. The molecule has 2 amide bonds. The zero-order valence-electron chi connectivity index (χ0n) is 38.0. The van der Waals surface area contributed by atoms with Crippen LogP contribution >= 0.6 is 11.6 Å². The molecule has 0 spiro atoms. The number of aliphatic carboxylic acids is 1. The molecule has 1 aromatic carbocycles. The van der Waals surface area contributed by atoms with Gasteiger partial charge in [0.25, 0.3) is 5.91 Å². The minimum Gasteiger partial charge on any atom is -0.481 e. The predicted octanol–water partition coefficient (Wildman–Crippen LogP) is 8.56. The maximum Gasteiger partial charge on any atom is 0.309 e. The number of carbonyl (C=O) groups excluding carboxylic acids is 4. The van der Waals surface area contributed by atoms with Gasteiger partial charge in [-0.15, -0.1) is 0 Å². The van der Waals surface area contributed by atoms with Gasteiger partial charge in [-0.2, -0.15) is 0 Å². The van der Waals surface area contributed by atoms with Gasteiger partial charge in [0.15, 0.2) is 5.78 Å². The van der Waals surface area contributed by atoms with Gasteiger partial charge in [0, 0.05) is 53.9 Å². The number of allylic oxidation sites excluding steroid dienone is 2. The van der Waals surface area contributed by atoms with Crippen LogP contribution in [0.2, 0.25) is 5.02 Å². The average Bonchev–Trinajstić information content (AvgIpc) is 3.45. The van der Waals surface area contributed by atoms with E-state index in [4.69, 9.17) is 16.3 Å². The Balaban J connectivity index is 0.994. The molecule has 10 atom stereocenters. The highest BCUT2D eigenvalue weighted by atomic mass is 35.5. The summed E-state index contributed by atoms with van der Waals surface area (Å²) in [7, 11) is 0. The Morgan fingerprint density at radius 2 is 1.54 bits per heavy atom. The van der Waals surface area contributed by atoms with E-state index in [1.54, 1.807) is 24.3 Å². The minimum absolute atomic E-state index is 0.0175. The number of nitrogens with one attached hydrogen (secondary N) is 3. The number of ketones is 1. The molecule has 7 aliphatic rings. The molecule has 0 bridgehead atoms. The second-order valence-corrected chi connectivity index (χ2v) is 23.5. The molecular formula is C50H70ClN3O7. The Bertz CT molecular complexity index is 2040. The van der Waals surface area contributed by atoms with Crippen molar-refractivity contribution in [3.63, 3.8) is 0 Å². The number of Topliss-reactive ketones (excluding diaryl/α,β-unsaturated/α-hetero) is 1. The fraction of sp³-hybridized carbons (Fsp3) is 0.740. The summed E-state index contributed by atoms with van der Waals surface area (Å²) in [6.45, 7) is 21.6. The molecular weight excluding hydrogens is 790 g/mol. The summed E-state index contributed by atoms with van der Waals surface area (Å²) < 4.78 is 6.43. The van der Waals surface area contributed by atoms with Crippen LogP contribution in [0.4, 0.5) is 0 Å². The maximum atomic E-state index is 14.2. The molecule has 0 aromatic heterocycles. The van der Waals surface area contributed by atoms with Gasteiger partial charge in [-0.1, -0.05) is 79.5 Å². The summed E-state index contributed by atoms with van der Waals surface area (Å²) in [6, 6.07) is 6.79. The van der Waals surface area contributed by atoms with Gasteiger partial charge in [0.1, 0.15) is 6.10 Å². The molecule has 6 aliphatic carbocycles. The number of carboxylic acid groups (broad SMARTS) is 1. The summed E-state index contributed by atoms with van der Waals surface area (Å²) in [5.41, 5.74) is 0.799. The SMILES string of the molecule is CC(C)C1=C2[C@H]3CC[C@@H]4[C@@]5(C)CC[C@H](OC(=O)[C@H]6C[C@@H](C(=O)O)C6(C)C)C(C)(C)[C@@H]5CC[C@@]4(C)[C@]3(C)CC[C@@]2(CC(=O)NCC2(NC(=O)c3ccc(Cl)cc3)CNC2)CC1=O. The van der Waals surface area contributed by atoms with Crippen LogP contribution in [0.5, 0.6) is 0 Å². The van der Waals surface area contributed by atoms with Crippen molar-refractivity contribution in [2.45, 2.75) is 145 Å². The van der Waals surface area contributed by atoms with Crippen LogP contribution in [0.25, 0.3) is 0 Å². The van der Waals surface area contributed by atoms with Crippen molar-refractivity contribution in [3.8, 4) is 0 Å². The van der Waals surface area contributed by atoms with E-state index < -0.39 is 34.2 Å². The standard InChI is InChI=1S/C50H70ClN3O7/c1-28(2)39-34(55)23-49(24-38(56)53-27-50(25-52-26-50)54-41(57)29-10-12-30(51)13-11-29)21-20-47(8)31(40(39)49)14-15-36-46(7)18-17-37(45(5,6)35(46)16-19-48(36,47)9)61-43(60)33-22-32(42(58)59)44(33,3)4/h10-13,28,31-33,35-37,52H,14-27H2,1-9H3,(H,53,56)(H,54,57)(H,58,59)/t31-,32+,33-,35+,36-,37+,46+,47-,48-,49+/m1/s1. The predicted molar refractivity (Wildman–Crippen MR) is 234 cm³/mol. The first-order chi connectivity index (χ1) is 28.4. The maximum absolute atomic E-state index is 14.2. The van der Waals surface area contributed by atoms with Gasteiger partial charge < -0.3 is 25.8 Å². The molecule has 1 aromatic rings. The highest BCUT2D eigenvalue weighted by Crippen LogP contribution is 2.77. The van der Waals surface area contributed by atoms with Crippen molar-refractivity contribution in [2.24, 2.45) is 68.0 Å². The normalized spacial score (nSPS) is 39.0. The lowest BCUT2D eigenvalue weighted by atomic mass is 9.33. The Morgan fingerprint density at radius 3 is 2.15 bits per heavy atom. The second-order valence-electron chi connectivity index (χ2n) is 23.1. The lowest BCUT2D eigenvalue weighted by Crippen LogP contribution is -2.73. The van der Waals surface area contributed by atoms with Crippen LogP contribution in [0, 0.1) is 68.0 Å². The van der Waals surface area contributed by atoms with E-state index in [1.165, 1.54) is 5.57 Å². The number of hydrogen-bond donors (Lipinski definition) is 4. The van der Waals surface area contributed by atoms with E-state index in [9.17, 15) is 29.1 Å². The molecule has 1 heterocycles. The first-order valence-electron chi connectivity index (χ1n) is 23.2. The molecule has 334 valence electrons. The van der Waals surface area contributed by atoms with E-state index in [2.05, 4.69) is 64.4 Å². The summed E-state index contributed by atoms with van der Waals surface area (Å²) in [6.07, 6.45) is 8.48. The monoisotopic (exact) mass is 859 g/mol. The smallest absolute Gasteiger partial charge is 0.309 e. The molecule has 0 unspecified atom stereocenters. The zero-order chi connectivity index (χ0) is 44.3. The first kappa shape index (κ1) is 44.4. The van der Waals surface area contributed by atoms with E-state index in [1.807, 2.05) is 13.8 Å². The lowest BCUT2D eigenvalue weighted by molar-refractivity contribution is -0.236. The number of amides is 2. The van der Waals surface area contributed by atoms with E-state index in [0.29, 0.717) is 54.9 Å². The van der Waals surface area contributed by atoms with Crippen molar-refractivity contribution in [1.29, 1.82) is 0 Å². The van der Waals surface area contributed by atoms with Crippen LogP contribution in [0.15, 0.2) is 35.4 Å². The summed E-state index contributed by atoms with van der Waals surface area (Å²) in [4.78, 5) is 67.1. The molecule has 5 saturated carbocycles. The number of carboxylic acids is 1. The number of carbonyl (C=O) groups is 5. The zero-order valence-corrected chi connectivity index (χ0v) is 38.8. The highest BCUT2D eigenvalue weighted by Gasteiger charge is 2.70. The van der Waals surface area contributed by atoms with Gasteiger partial charge in [-0.25, -0.2) is 0 Å². The molecule has 4 N–H and O–H groups in total. The summed E-state index contributed by atoms with van der Waals surface area (Å²) >= 11 is 6.05.